The number of carboxylic acids is 1. The molecule has 1 fully saturated rings. The molecular weight excluding hydrogens is 280 g/mol. The van der Waals surface area contributed by atoms with Crippen molar-refractivity contribution in [2.45, 2.75) is 65.5 Å². The van der Waals surface area contributed by atoms with Crippen LogP contribution in [0.15, 0.2) is 11.6 Å². The van der Waals surface area contributed by atoms with Crippen LogP contribution in [0.1, 0.15) is 53.4 Å². The third-order valence-electron chi connectivity index (χ3n) is 4.68. The summed E-state index contributed by atoms with van der Waals surface area (Å²) in [4.78, 5) is 23.6. The van der Waals surface area contributed by atoms with Crippen LogP contribution >= 0.6 is 0 Å². The SMILES string of the molecule is CC(N)C=C(C(=O)[C@@H](N)CC(=O)O)[C@H]1[C@H](C)CCCC1(C)C. The maximum atomic E-state index is 12.7. The Kier molecular flexibility index (Phi) is 6.32. The fourth-order valence-electron chi connectivity index (χ4n) is 3.82. The highest BCUT2D eigenvalue weighted by Crippen LogP contribution is 2.47. The van der Waals surface area contributed by atoms with Gasteiger partial charge in [-0.2, -0.15) is 0 Å². The second-order valence-corrected chi connectivity index (χ2v) is 7.39. The van der Waals surface area contributed by atoms with Gasteiger partial charge in [0.05, 0.1) is 12.5 Å². The van der Waals surface area contributed by atoms with E-state index in [1.54, 1.807) is 6.08 Å². The van der Waals surface area contributed by atoms with Gasteiger partial charge < -0.3 is 16.6 Å². The minimum absolute atomic E-state index is 0.0169. The van der Waals surface area contributed by atoms with Gasteiger partial charge in [0.15, 0.2) is 5.78 Å². The first-order chi connectivity index (χ1) is 10.1. The highest BCUT2D eigenvalue weighted by molar-refractivity contribution is 6.01. The van der Waals surface area contributed by atoms with E-state index in [-0.39, 0.29) is 29.6 Å². The summed E-state index contributed by atoms with van der Waals surface area (Å²) in [6, 6.07) is -1.27. The Bertz CT molecular complexity index is 455. The summed E-state index contributed by atoms with van der Waals surface area (Å²) in [6.07, 6.45) is 4.67. The zero-order valence-electron chi connectivity index (χ0n) is 14.1. The van der Waals surface area contributed by atoms with Crippen LogP contribution in [0, 0.1) is 17.3 Å². The molecule has 1 saturated carbocycles. The van der Waals surface area contributed by atoms with Gasteiger partial charge >= 0.3 is 5.97 Å². The third kappa shape index (κ3) is 4.65. The molecule has 0 aromatic rings. The Hall–Kier alpha value is -1.20. The zero-order valence-corrected chi connectivity index (χ0v) is 14.1. The Labute approximate surface area is 133 Å². The first-order valence-corrected chi connectivity index (χ1v) is 8.05. The van der Waals surface area contributed by atoms with E-state index < -0.39 is 12.0 Å². The van der Waals surface area contributed by atoms with Crippen LogP contribution < -0.4 is 11.5 Å². The lowest BCUT2D eigenvalue weighted by Gasteiger charge is -2.44. The summed E-state index contributed by atoms with van der Waals surface area (Å²) in [5.41, 5.74) is 12.3. The number of carbonyl (C=O) groups is 2. The molecule has 1 unspecified atom stereocenters. The summed E-state index contributed by atoms with van der Waals surface area (Å²) in [5.74, 6) is -0.905. The molecule has 0 radical (unpaired) electrons. The molecule has 0 aromatic carbocycles. The van der Waals surface area contributed by atoms with Crippen LogP contribution in [0.2, 0.25) is 0 Å². The summed E-state index contributed by atoms with van der Waals surface area (Å²) in [6.45, 7) is 8.30. The van der Waals surface area contributed by atoms with Crippen LogP contribution in [0.25, 0.3) is 0 Å². The predicted octanol–water partition coefficient (Wildman–Crippen LogP) is 2.09. The molecule has 0 bridgehead atoms. The van der Waals surface area contributed by atoms with Gasteiger partial charge in [-0.15, -0.1) is 0 Å². The average Bonchev–Trinajstić information content (AvgIpc) is 2.34. The van der Waals surface area contributed by atoms with E-state index in [0.29, 0.717) is 11.5 Å². The van der Waals surface area contributed by atoms with Crippen molar-refractivity contribution in [3.05, 3.63) is 11.6 Å². The highest BCUT2D eigenvalue weighted by Gasteiger charge is 2.42. The quantitative estimate of drug-likeness (QED) is 0.651. The van der Waals surface area contributed by atoms with Gasteiger partial charge in [-0.25, -0.2) is 0 Å². The molecule has 0 spiro atoms. The van der Waals surface area contributed by atoms with Crippen LogP contribution in [0.3, 0.4) is 0 Å². The van der Waals surface area contributed by atoms with Crippen molar-refractivity contribution in [3.8, 4) is 0 Å². The van der Waals surface area contributed by atoms with Gasteiger partial charge in [-0.1, -0.05) is 39.7 Å². The molecule has 0 amide bonds. The number of hydrogen-bond donors (Lipinski definition) is 3. The van der Waals surface area contributed by atoms with E-state index in [9.17, 15) is 9.59 Å². The minimum atomic E-state index is -1.06. The molecular formula is C17H30N2O3. The van der Waals surface area contributed by atoms with Crippen molar-refractivity contribution in [1.29, 1.82) is 0 Å². The normalized spacial score (nSPS) is 28.0. The van der Waals surface area contributed by atoms with Gasteiger partial charge in [0.1, 0.15) is 0 Å². The van der Waals surface area contributed by atoms with Crippen LogP contribution in [-0.4, -0.2) is 28.9 Å². The van der Waals surface area contributed by atoms with Crippen molar-refractivity contribution in [3.63, 3.8) is 0 Å². The maximum absolute atomic E-state index is 12.7. The summed E-state index contributed by atoms with van der Waals surface area (Å²) in [5, 5.41) is 8.89. The van der Waals surface area contributed by atoms with Gasteiger partial charge in [0.25, 0.3) is 0 Å². The molecule has 5 N–H and O–H groups in total. The number of ketones is 1. The number of rotatable bonds is 6. The van der Waals surface area contributed by atoms with Gasteiger partial charge in [-0.3, -0.25) is 9.59 Å². The molecule has 1 aliphatic rings. The molecule has 1 aliphatic carbocycles. The maximum Gasteiger partial charge on any atom is 0.305 e. The molecule has 0 aliphatic heterocycles. The topological polar surface area (TPSA) is 106 Å². The standard InChI is InChI=1S/C17H30N2O3/c1-10-6-5-7-17(3,4)15(10)12(8-11(2)18)16(22)13(19)9-14(20)21/h8,10-11,13,15H,5-7,9,18-19H2,1-4H3,(H,20,21)/t10-,11?,13+,15-/m1/s1. The van der Waals surface area contributed by atoms with Crippen molar-refractivity contribution >= 4 is 11.8 Å². The lowest BCUT2D eigenvalue weighted by Crippen LogP contribution is -2.43. The monoisotopic (exact) mass is 310 g/mol. The lowest BCUT2D eigenvalue weighted by molar-refractivity contribution is -0.138. The number of hydrogen-bond acceptors (Lipinski definition) is 4. The average molecular weight is 310 g/mol. The summed E-state index contributed by atoms with van der Waals surface area (Å²) >= 11 is 0. The zero-order chi connectivity index (χ0) is 17.1. The van der Waals surface area contributed by atoms with E-state index in [0.717, 1.165) is 19.3 Å². The van der Waals surface area contributed by atoms with Gasteiger partial charge in [-0.05, 0) is 36.2 Å². The van der Waals surface area contributed by atoms with E-state index in [2.05, 4.69) is 20.8 Å². The van der Waals surface area contributed by atoms with E-state index >= 15 is 0 Å². The molecule has 0 saturated heterocycles. The van der Waals surface area contributed by atoms with Crippen LogP contribution in [0.4, 0.5) is 0 Å². The fraction of sp³-hybridized carbons (Fsp3) is 0.765. The molecule has 4 atom stereocenters. The second-order valence-electron chi connectivity index (χ2n) is 7.39. The Morgan fingerprint density at radius 3 is 2.41 bits per heavy atom. The molecule has 1 rings (SSSR count). The summed E-state index contributed by atoms with van der Waals surface area (Å²) < 4.78 is 0. The number of carbonyl (C=O) groups excluding carboxylic acids is 1. The van der Waals surface area contributed by atoms with Crippen molar-refractivity contribution in [2.75, 3.05) is 0 Å². The number of Topliss-reactive ketones (excluding diaryl/α,β-unsaturated/α-hetero) is 1. The Balaban J connectivity index is 3.17. The highest BCUT2D eigenvalue weighted by atomic mass is 16.4. The molecule has 5 nitrogen and oxygen atoms in total. The third-order valence-corrected chi connectivity index (χ3v) is 4.68. The van der Waals surface area contributed by atoms with E-state index in [4.69, 9.17) is 16.6 Å². The fourth-order valence-corrected chi connectivity index (χ4v) is 3.82. The molecule has 126 valence electrons. The van der Waals surface area contributed by atoms with Gasteiger partial charge in [0, 0.05) is 6.04 Å². The van der Waals surface area contributed by atoms with Gasteiger partial charge in [0.2, 0.25) is 0 Å². The Morgan fingerprint density at radius 1 is 1.36 bits per heavy atom. The number of aliphatic carboxylic acids is 1. The van der Waals surface area contributed by atoms with Crippen molar-refractivity contribution in [2.24, 2.45) is 28.7 Å². The molecule has 0 aromatic heterocycles. The summed E-state index contributed by atoms with van der Waals surface area (Å²) in [7, 11) is 0. The van der Waals surface area contributed by atoms with Crippen LogP contribution in [-0.2, 0) is 9.59 Å². The molecule has 22 heavy (non-hydrogen) atoms. The Morgan fingerprint density at radius 2 is 1.95 bits per heavy atom. The van der Waals surface area contributed by atoms with Crippen molar-refractivity contribution in [1.82, 2.24) is 0 Å². The number of nitrogens with two attached hydrogens (primary N) is 2. The second kappa shape index (κ2) is 7.38. The molecule has 5 heteroatoms. The van der Waals surface area contributed by atoms with E-state index in [1.807, 2.05) is 6.92 Å². The largest absolute Gasteiger partial charge is 0.481 e. The number of carboxylic acid groups (broad SMARTS) is 1. The van der Waals surface area contributed by atoms with Crippen molar-refractivity contribution < 1.29 is 14.7 Å². The molecule has 0 heterocycles. The smallest absolute Gasteiger partial charge is 0.305 e. The van der Waals surface area contributed by atoms with Crippen LogP contribution in [0.5, 0.6) is 0 Å². The van der Waals surface area contributed by atoms with E-state index in [1.165, 1.54) is 0 Å². The first kappa shape index (κ1) is 18.8. The predicted molar refractivity (Wildman–Crippen MR) is 87.3 cm³/mol. The lowest BCUT2D eigenvalue weighted by atomic mass is 9.60. The minimum Gasteiger partial charge on any atom is -0.481 e. The first-order valence-electron chi connectivity index (χ1n) is 8.05.